The number of carbonyl (C=O) groups is 2. The highest BCUT2D eigenvalue weighted by Crippen LogP contribution is 2.32. The number of aliphatic hydroxyl groups is 2. The van der Waals surface area contributed by atoms with E-state index in [1.807, 2.05) is 18.2 Å². The first-order valence-electron chi connectivity index (χ1n) is 15.1. The molecule has 0 heterocycles. The first kappa shape index (κ1) is 33.8. The topological polar surface area (TPSA) is 163 Å². The van der Waals surface area contributed by atoms with Gasteiger partial charge in [0.15, 0.2) is 0 Å². The first-order chi connectivity index (χ1) is 21.6. The number of carboxylic acid groups (broad SMARTS) is 1. The van der Waals surface area contributed by atoms with Gasteiger partial charge >= 0.3 is 6.09 Å². The van der Waals surface area contributed by atoms with Crippen molar-refractivity contribution < 1.29 is 42.8 Å². The number of aliphatic hydroxyl groups excluding tert-OH is 2. The zero-order valence-corrected chi connectivity index (χ0v) is 25.8. The number of benzene rings is 3. The minimum absolute atomic E-state index is 0.0158. The van der Waals surface area contributed by atoms with Crippen molar-refractivity contribution in [3.8, 4) is 22.6 Å². The van der Waals surface area contributed by atoms with E-state index in [4.69, 9.17) is 14.6 Å². The van der Waals surface area contributed by atoms with Gasteiger partial charge in [0.25, 0.3) is 5.91 Å². The molecular weight excluding hydrogens is 600 g/mol. The predicted octanol–water partition coefficient (Wildman–Crippen LogP) is 4.60. The molecule has 242 valence electrons. The molecule has 4 N–H and O–H groups in total. The molecule has 0 aromatic heterocycles. The lowest BCUT2D eigenvalue weighted by atomic mass is 9.97. The third-order valence-corrected chi connectivity index (χ3v) is 8.88. The number of amides is 2. The highest BCUT2D eigenvalue weighted by atomic mass is 32.2. The van der Waals surface area contributed by atoms with Crippen molar-refractivity contribution in [3.63, 3.8) is 0 Å². The maximum absolute atomic E-state index is 13.0. The molecule has 0 bridgehead atoms. The molecule has 3 aromatic carbocycles. The summed E-state index contributed by atoms with van der Waals surface area (Å²) in [6, 6.07) is 21.0. The van der Waals surface area contributed by atoms with Crippen LogP contribution in [0.3, 0.4) is 0 Å². The van der Waals surface area contributed by atoms with Crippen LogP contribution in [0, 0.1) is 0 Å². The van der Waals surface area contributed by atoms with Crippen LogP contribution < -0.4 is 14.2 Å². The average molecular weight is 641 g/mol. The van der Waals surface area contributed by atoms with Crippen LogP contribution in [0.2, 0.25) is 0 Å². The smallest absolute Gasteiger partial charge is 0.407 e. The Balaban J connectivity index is 1.42. The summed E-state index contributed by atoms with van der Waals surface area (Å²) in [6.07, 6.45) is 2.66. The van der Waals surface area contributed by atoms with Gasteiger partial charge in [-0.25, -0.2) is 17.9 Å². The molecule has 3 aromatic rings. The summed E-state index contributed by atoms with van der Waals surface area (Å²) in [4.78, 5) is 25.8. The fourth-order valence-electron chi connectivity index (χ4n) is 5.12. The fraction of sp³-hybridized carbons (Fsp3) is 0.394. The molecule has 1 atom stereocenters. The lowest BCUT2D eigenvalue weighted by Crippen LogP contribution is -2.36. The number of carbonyl (C=O) groups excluding carboxylic acids is 1. The fourth-order valence-corrected chi connectivity index (χ4v) is 6.13. The number of nitrogens with zero attached hydrogens (tertiary/aromatic N) is 1. The van der Waals surface area contributed by atoms with Gasteiger partial charge in [-0.3, -0.25) is 4.79 Å². The Morgan fingerprint density at radius 1 is 0.956 bits per heavy atom. The minimum atomic E-state index is -3.92. The molecule has 1 aliphatic rings. The van der Waals surface area contributed by atoms with Gasteiger partial charge in [0.2, 0.25) is 10.0 Å². The highest BCUT2D eigenvalue weighted by molar-refractivity contribution is 7.90. The van der Waals surface area contributed by atoms with E-state index in [9.17, 15) is 28.2 Å². The number of ether oxygens (including phenoxy) is 2. The molecule has 0 unspecified atom stereocenters. The zero-order valence-electron chi connectivity index (χ0n) is 25.0. The van der Waals surface area contributed by atoms with Gasteiger partial charge in [-0.1, -0.05) is 55.0 Å². The lowest BCUT2D eigenvalue weighted by molar-refractivity contribution is 0.0894. The zero-order chi connectivity index (χ0) is 32.2. The first-order valence-corrected chi connectivity index (χ1v) is 16.7. The Morgan fingerprint density at radius 3 is 2.31 bits per heavy atom. The van der Waals surface area contributed by atoms with Gasteiger partial charge < -0.3 is 29.7 Å². The highest BCUT2D eigenvalue weighted by Gasteiger charge is 2.23. The van der Waals surface area contributed by atoms with Crippen molar-refractivity contribution >= 4 is 22.0 Å². The van der Waals surface area contributed by atoms with Crippen molar-refractivity contribution in [2.75, 3.05) is 32.1 Å². The summed E-state index contributed by atoms with van der Waals surface area (Å²) in [5.74, 6) is -0.345. The van der Waals surface area contributed by atoms with Crippen LogP contribution in [0.5, 0.6) is 11.5 Å². The van der Waals surface area contributed by atoms with Gasteiger partial charge in [-0.05, 0) is 73.1 Å². The Bertz CT molecular complexity index is 1510. The summed E-state index contributed by atoms with van der Waals surface area (Å²) in [5.41, 5.74) is 2.29. The van der Waals surface area contributed by atoms with Crippen LogP contribution in [0.1, 0.15) is 60.6 Å². The van der Waals surface area contributed by atoms with Crippen molar-refractivity contribution in [3.05, 3.63) is 83.9 Å². The van der Waals surface area contributed by atoms with E-state index < -0.39 is 28.1 Å². The number of sulfonamides is 1. The summed E-state index contributed by atoms with van der Waals surface area (Å²) in [7, 11) is -3.92. The van der Waals surface area contributed by atoms with Crippen molar-refractivity contribution in [2.45, 2.75) is 50.7 Å². The van der Waals surface area contributed by atoms with Crippen molar-refractivity contribution in [1.29, 1.82) is 0 Å². The molecule has 1 aliphatic carbocycles. The number of nitrogens with one attached hydrogen (secondary N) is 1. The molecule has 0 aliphatic heterocycles. The van der Waals surface area contributed by atoms with Crippen LogP contribution in [0.25, 0.3) is 11.1 Å². The summed E-state index contributed by atoms with van der Waals surface area (Å²) in [6.45, 7) is -0.251. The van der Waals surface area contributed by atoms with E-state index in [0.717, 1.165) is 48.1 Å². The molecule has 1 saturated carbocycles. The van der Waals surface area contributed by atoms with Crippen LogP contribution >= 0.6 is 0 Å². The third kappa shape index (κ3) is 10.2. The van der Waals surface area contributed by atoms with E-state index in [2.05, 4.69) is 4.72 Å². The molecule has 4 rings (SSSR count). The Morgan fingerprint density at radius 2 is 1.64 bits per heavy atom. The molecule has 1 fully saturated rings. The summed E-state index contributed by atoms with van der Waals surface area (Å²) < 4.78 is 38.7. The monoisotopic (exact) mass is 640 g/mol. The second-order valence-electron chi connectivity index (χ2n) is 10.9. The lowest BCUT2D eigenvalue weighted by Gasteiger charge is -2.24. The largest absolute Gasteiger partial charge is 0.492 e. The number of rotatable bonds is 15. The number of hydrogen-bond donors (Lipinski definition) is 4. The summed E-state index contributed by atoms with van der Waals surface area (Å²) >= 11 is 0. The molecule has 0 spiro atoms. The number of hydrogen-bond acceptors (Lipinski definition) is 8. The second-order valence-corrected chi connectivity index (χ2v) is 12.8. The predicted molar refractivity (Wildman–Crippen MR) is 169 cm³/mol. The van der Waals surface area contributed by atoms with E-state index in [-0.39, 0.29) is 50.1 Å². The van der Waals surface area contributed by atoms with Crippen LogP contribution in [-0.2, 0) is 10.0 Å². The second kappa shape index (κ2) is 16.3. The molecule has 0 saturated heterocycles. The molecule has 2 amide bonds. The Hall–Kier alpha value is -4.13. The molecule has 11 nitrogen and oxygen atoms in total. The average Bonchev–Trinajstić information content (AvgIpc) is 3.04. The molecule has 12 heteroatoms. The molecular formula is C33H40N2O9S. The Labute approximate surface area is 263 Å². The van der Waals surface area contributed by atoms with Crippen molar-refractivity contribution in [1.82, 2.24) is 9.62 Å². The van der Waals surface area contributed by atoms with Crippen LogP contribution in [0.4, 0.5) is 4.79 Å². The Kier molecular flexibility index (Phi) is 12.2. The van der Waals surface area contributed by atoms with E-state index in [1.54, 1.807) is 54.6 Å². The van der Waals surface area contributed by atoms with Crippen molar-refractivity contribution in [2.24, 2.45) is 0 Å². The maximum Gasteiger partial charge on any atom is 0.407 e. The van der Waals surface area contributed by atoms with Gasteiger partial charge in [-0.2, -0.15) is 0 Å². The van der Waals surface area contributed by atoms with Gasteiger partial charge in [-0.15, -0.1) is 0 Å². The van der Waals surface area contributed by atoms with Gasteiger partial charge in [0, 0.05) is 6.61 Å². The summed E-state index contributed by atoms with van der Waals surface area (Å²) in [5, 5.41) is 29.0. The minimum Gasteiger partial charge on any atom is -0.492 e. The normalized spacial score (nSPS) is 14.4. The maximum atomic E-state index is 13.0. The molecule has 0 radical (unpaired) electrons. The SMILES string of the molecule is O=C(NS(=O)(=O)CCCO)c1ccc(-c2ccc(OCCN(C[C@@H](O)c3ccccc3)C(=O)O)cc2)cc1OC1CCCCC1. The molecule has 45 heavy (non-hydrogen) atoms. The quantitative estimate of drug-likeness (QED) is 0.186. The third-order valence-electron chi connectivity index (χ3n) is 7.56. The van der Waals surface area contributed by atoms with Crippen LogP contribution in [0.15, 0.2) is 72.8 Å². The van der Waals surface area contributed by atoms with Crippen LogP contribution in [-0.4, -0.2) is 78.8 Å². The van der Waals surface area contributed by atoms with E-state index in [1.165, 1.54) is 0 Å². The van der Waals surface area contributed by atoms with Gasteiger partial charge in [0.05, 0.1) is 36.6 Å². The van der Waals surface area contributed by atoms with Gasteiger partial charge in [0.1, 0.15) is 18.1 Å². The van der Waals surface area contributed by atoms with E-state index in [0.29, 0.717) is 17.1 Å². The standard InChI is InChI=1S/C33H40N2O9S/c36-19-7-21-45(41,42)34-32(38)29-17-14-26(22-31(29)44-28-10-5-2-6-11-28)24-12-15-27(16-13-24)43-20-18-35(33(39)40)23-30(37)25-8-3-1-4-9-25/h1,3-4,8-9,12-17,22,28,30,36-37H,2,5-7,10-11,18-21,23H2,(H,34,38)(H,39,40)/t30-/m1/s1. The van der Waals surface area contributed by atoms with E-state index >= 15 is 0 Å².